The Kier molecular flexibility index (Phi) is 5.18. The first-order valence-corrected chi connectivity index (χ1v) is 5.49. The maximum absolute atomic E-state index is 12.7. The van der Waals surface area contributed by atoms with Crippen molar-refractivity contribution in [2.45, 2.75) is 19.4 Å². The fourth-order valence-corrected chi connectivity index (χ4v) is 1.35. The average molecular weight is 258 g/mol. The summed E-state index contributed by atoms with van der Waals surface area (Å²) < 4.78 is 25.4. The summed E-state index contributed by atoms with van der Waals surface area (Å²) in [6.07, 6.45) is 0. The first kappa shape index (κ1) is 14.5. The van der Waals surface area contributed by atoms with Crippen molar-refractivity contribution in [2.24, 2.45) is 0 Å². The minimum atomic E-state index is -3.10. The molecule has 4 nitrogen and oxygen atoms in total. The Morgan fingerprint density at radius 1 is 1.33 bits per heavy atom. The van der Waals surface area contributed by atoms with E-state index in [1.165, 1.54) is 6.92 Å². The van der Waals surface area contributed by atoms with Gasteiger partial charge in [-0.25, -0.2) is 8.78 Å². The quantitative estimate of drug-likeness (QED) is 0.722. The number of carbonyl (C=O) groups excluding carboxylic acids is 1. The van der Waals surface area contributed by atoms with E-state index in [0.29, 0.717) is 5.69 Å². The topological polar surface area (TPSA) is 61.4 Å². The Bertz CT molecular complexity index is 394. The van der Waals surface area contributed by atoms with Gasteiger partial charge >= 0.3 is 0 Å². The molecule has 0 aromatic heterocycles. The van der Waals surface area contributed by atoms with Gasteiger partial charge in [0.25, 0.3) is 5.92 Å². The second kappa shape index (κ2) is 6.42. The maximum Gasteiger partial charge on any atom is 0.282 e. The second-order valence-electron chi connectivity index (χ2n) is 4.00. The number of amides is 1. The van der Waals surface area contributed by atoms with Crippen LogP contribution in [0.25, 0.3) is 0 Å². The van der Waals surface area contributed by atoms with Gasteiger partial charge in [0.15, 0.2) is 0 Å². The highest BCUT2D eigenvalue weighted by Crippen LogP contribution is 2.12. The number of rotatable bonds is 6. The van der Waals surface area contributed by atoms with Gasteiger partial charge in [-0.2, -0.15) is 0 Å². The highest BCUT2D eigenvalue weighted by Gasteiger charge is 2.26. The van der Waals surface area contributed by atoms with Crippen LogP contribution in [0.4, 0.5) is 14.5 Å². The summed E-state index contributed by atoms with van der Waals surface area (Å²) in [6.45, 7) is -0.0548. The molecule has 0 aliphatic rings. The van der Waals surface area contributed by atoms with Gasteiger partial charge in [0.1, 0.15) is 6.61 Å². The van der Waals surface area contributed by atoms with Crippen LogP contribution in [-0.4, -0.2) is 30.1 Å². The Morgan fingerprint density at radius 3 is 2.44 bits per heavy atom. The predicted molar refractivity (Wildman–Crippen MR) is 64.5 cm³/mol. The number of aliphatic hydroxyl groups excluding tert-OH is 1. The highest BCUT2D eigenvalue weighted by atomic mass is 19.3. The molecule has 3 N–H and O–H groups in total. The fourth-order valence-electron chi connectivity index (χ4n) is 1.35. The van der Waals surface area contributed by atoms with E-state index in [1.54, 1.807) is 24.3 Å². The van der Waals surface area contributed by atoms with Crippen molar-refractivity contribution in [3.8, 4) is 0 Å². The molecular weight excluding hydrogens is 242 g/mol. The van der Waals surface area contributed by atoms with Crippen molar-refractivity contribution in [2.75, 3.05) is 18.5 Å². The van der Waals surface area contributed by atoms with Crippen LogP contribution in [0.5, 0.6) is 0 Å². The van der Waals surface area contributed by atoms with Gasteiger partial charge in [-0.05, 0) is 17.7 Å². The molecular formula is C12H16F2N2O2. The molecule has 0 heterocycles. The van der Waals surface area contributed by atoms with Crippen LogP contribution in [0, 0.1) is 0 Å². The molecule has 0 radical (unpaired) electrons. The third-order valence-corrected chi connectivity index (χ3v) is 2.22. The minimum absolute atomic E-state index is 0.163. The van der Waals surface area contributed by atoms with E-state index >= 15 is 0 Å². The van der Waals surface area contributed by atoms with Crippen LogP contribution in [-0.2, 0) is 11.3 Å². The molecule has 0 bridgehead atoms. The summed E-state index contributed by atoms with van der Waals surface area (Å²) in [5.74, 6) is -3.26. The van der Waals surface area contributed by atoms with Gasteiger partial charge in [-0.3, -0.25) is 4.79 Å². The predicted octanol–water partition coefficient (Wildman–Crippen LogP) is 1.36. The van der Waals surface area contributed by atoms with Gasteiger partial charge in [-0.1, -0.05) is 12.1 Å². The number of aliphatic hydroxyl groups is 1. The number of nitrogens with one attached hydrogen (secondary N) is 2. The summed E-state index contributed by atoms with van der Waals surface area (Å²) in [6, 6.07) is 6.86. The summed E-state index contributed by atoms with van der Waals surface area (Å²) >= 11 is 0. The molecule has 0 atom stereocenters. The molecule has 1 rings (SSSR count). The molecule has 0 saturated carbocycles. The van der Waals surface area contributed by atoms with Gasteiger partial charge < -0.3 is 15.7 Å². The lowest BCUT2D eigenvalue weighted by molar-refractivity contribution is -0.114. The zero-order valence-electron chi connectivity index (χ0n) is 10.0. The van der Waals surface area contributed by atoms with Crippen LogP contribution < -0.4 is 10.6 Å². The van der Waals surface area contributed by atoms with E-state index in [4.69, 9.17) is 5.11 Å². The maximum atomic E-state index is 12.7. The average Bonchev–Trinajstić information content (AvgIpc) is 2.30. The third kappa shape index (κ3) is 5.20. The normalized spacial score (nSPS) is 11.3. The molecule has 18 heavy (non-hydrogen) atoms. The van der Waals surface area contributed by atoms with E-state index in [2.05, 4.69) is 10.6 Å². The lowest BCUT2D eigenvalue weighted by Crippen LogP contribution is -2.35. The smallest absolute Gasteiger partial charge is 0.282 e. The first-order valence-electron chi connectivity index (χ1n) is 5.49. The first-order chi connectivity index (χ1) is 8.43. The van der Waals surface area contributed by atoms with E-state index in [-0.39, 0.29) is 12.5 Å². The van der Waals surface area contributed by atoms with Gasteiger partial charge in [0.05, 0.1) is 6.54 Å². The fraction of sp³-hybridized carbons (Fsp3) is 0.417. The van der Waals surface area contributed by atoms with Gasteiger partial charge in [0.2, 0.25) is 5.91 Å². The van der Waals surface area contributed by atoms with Crippen LogP contribution in [0.1, 0.15) is 12.5 Å². The number of carbonyl (C=O) groups is 1. The number of halogens is 2. The number of anilines is 1. The Hall–Kier alpha value is -1.53. The number of alkyl halides is 2. The van der Waals surface area contributed by atoms with Crippen molar-refractivity contribution in [3.63, 3.8) is 0 Å². The van der Waals surface area contributed by atoms with Crippen molar-refractivity contribution >= 4 is 11.6 Å². The van der Waals surface area contributed by atoms with E-state index in [9.17, 15) is 13.6 Å². The summed E-state index contributed by atoms with van der Waals surface area (Å²) in [5.41, 5.74) is 1.48. The molecule has 0 spiro atoms. The van der Waals surface area contributed by atoms with Crippen LogP contribution >= 0.6 is 0 Å². The molecule has 0 aliphatic heterocycles. The summed E-state index contributed by atoms with van der Waals surface area (Å²) in [5, 5.41) is 13.5. The van der Waals surface area contributed by atoms with Crippen molar-refractivity contribution in [1.82, 2.24) is 5.32 Å². The van der Waals surface area contributed by atoms with Gasteiger partial charge in [-0.15, -0.1) is 0 Å². The second-order valence-corrected chi connectivity index (χ2v) is 4.00. The van der Waals surface area contributed by atoms with E-state index in [0.717, 1.165) is 5.56 Å². The molecule has 100 valence electrons. The minimum Gasteiger partial charge on any atom is -0.390 e. The summed E-state index contributed by atoms with van der Waals surface area (Å²) in [4.78, 5) is 10.8. The van der Waals surface area contributed by atoms with Crippen molar-refractivity contribution in [1.29, 1.82) is 0 Å². The Balaban J connectivity index is 2.42. The number of benzene rings is 1. The SMILES string of the molecule is CC(=O)Nc1ccc(CNCC(F)(F)CO)cc1. The largest absolute Gasteiger partial charge is 0.390 e. The van der Waals surface area contributed by atoms with Crippen molar-refractivity contribution in [3.05, 3.63) is 29.8 Å². The lowest BCUT2D eigenvalue weighted by Gasteiger charge is -2.14. The number of hydrogen-bond acceptors (Lipinski definition) is 3. The van der Waals surface area contributed by atoms with Gasteiger partial charge in [0, 0.05) is 19.2 Å². The van der Waals surface area contributed by atoms with Crippen LogP contribution in [0.2, 0.25) is 0 Å². The van der Waals surface area contributed by atoms with E-state index in [1.807, 2.05) is 0 Å². The van der Waals surface area contributed by atoms with Crippen LogP contribution in [0.3, 0.4) is 0 Å². The van der Waals surface area contributed by atoms with E-state index < -0.39 is 19.1 Å². The monoisotopic (exact) mass is 258 g/mol. The Labute approximate surface area is 104 Å². The Morgan fingerprint density at radius 2 is 1.94 bits per heavy atom. The standard InChI is InChI=1S/C12H16F2N2O2/c1-9(18)16-11-4-2-10(3-5-11)6-15-7-12(13,14)8-17/h2-5,15,17H,6-8H2,1H3,(H,16,18). The van der Waals surface area contributed by atoms with Crippen LogP contribution in [0.15, 0.2) is 24.3 Å². The molecule has 1 aromatic carbocycles. The molecule has 0 saturated heterocycles. The zero-order valence-corrected chi connectivity index (χ0v) is 10.0. The highest BCUT2D eigenvalue weighted by molar-refractivity contribution is 5.88. The third-order valence-electron chi connectivity index (χ3n) is 2.22. The number of hydrogen-bond donors (Lipinski definition) is 3. The molecule has 0 unspecified atom stereocenters. The lowest BCUT2D eigenvalue weighted by atomic mass is 10.2. The molecule has 1 amide bonds. The molecule has 1 aromatic rings. The summed E-state index contributed by atoms with van der Waals surface area (Å²) in [7, 11) is 0. The zero-order chi connectivity index (χ0) is 13.6. The molecule has 6 heteroatoms. The molecule has 0 fully saturated rings. The molecule has 0 aliphatic carbocycles. The van der Waals surface area contributed by atoms with Crippen molar-refractivity contribution < 1.29 is 18.7 Å².